The summed E-state index contributed by atoms with van der Waals surface area (Å²) in [5.74, 6) is -0.233. The van der Waals surface area contributed by atoms with Gasteiger partial charge in [-0.3, -0.25) is 9.59 Å². The number of anilines is 2. The van der Waals surface area contributed by atoms with Crippen molar-refractivity contribution < 1.29 is 9.59 Å². The third kappa shape index (κ3) is 4.02. The Labute approximate surface area is 187 Å². The molecule has 4 aromatic rings. The van der Waals surface area contributed by atoms with E-state index in [1.165, 1.54) is 0 Å². The van der Waals surface area contributed by atoms with Gasteiger partial charge in [-0.25, -0.2) is 0 Å². The number of aromatic nitrogens is 5. The quantitative estimate of drug-likeness (QED) is 0.317. The van der Waals surface area contributed by atoms with Crippen molar-refractivity contribution >= 4 is 34.1 Å². The zero-order valence-corrected chi connectivity index (χ0v) is 17.3. The lowest BCUT2D eigenvalue weighted by Gasteiger charge is -2.11. The largest absolute Gasteiger partial charge is 0.349 e. The van der Waals surface area contributed by atoms with E-state index in [-0.39, 0.29) is 17.8 Å². The van der Waals surface area contributed by atoms with Gasteiger partial charge in [0.05, 0.1) is 34.6 Å². The number of tetrazole rings is 1. The Morgan fingerprint density at radius 1 is 1.12 bits per heavy atom. The van der Waals surface area contributed by atoms with E-state index in [0.717, 1.165) is 24.8 Å². The molecular formula is C22H19N9O2. The van der Waals surface area contributed by atoms with Gasteiger partial charge in [-0.15, -0.1) is 10.2 Å². The molecule has 1 unspecified atom stereocenters. The lowest BCUT2D eigenvalue weighted by Crippen LogP contribution is -2.35. The fourth-order valence-corrected chi connectivity index (χ4v) is 3.88. The molecule has 11 heteroatoms. The second-order valence-electron chi connectivity index (χ2n) is 7.65. The van der Waals surface area contributed by atoms with E-state index < -0.39 is 5.91 Å². The summed E-state index contributed by atoms with van der Waals surface area (Å²) in [6.45, 7) is 0.830. The summed E-state index contributed by atoms with van der Waals surface area (Å²) >= 11 is 0. The Morgan fingerprint density at radius 3 is 2.79 bits per heavy atom. The summed E-state index contributed by atoms with van der Waals surface area (Å²) in [5.41, 5.74) is 2.87. The fourth-order valence-electron chi connectivity index (χ4n) is 3.88. The third-order valence-corrected chi connectivity index (χ3v) is 5.52. The molecule has 1 atom stereocenters. The number of hydrogen-bond donors (Lipinski definition) is 5. The molecule has 33 heavy (non-hydrogen) atoms. The van der Waals surface area contributed by atoms with Crippen molar-refractivity contribution in [3.8, 4) is 17.5 Å². The monoisotopic (exact) mass is 441 g/mol. The first-order chi connectivity index (χ1) is 16.1. The van der Waals surface area contributed by atoms with Crippen LogP contribution in [0.25, 0.3) is 22.3 Å². The molecule has 0 saturated carbocycles. The van der Waals surface area contributed by atoms with Crippen LogP contribution in [0.4, 0.5) is 11.4 Å². The van der Waals surface area contributed by atoms with Crippen LogP contribution in [-0.4, -0.2) is 50.0 Å². The normalized spacial score (nSPS) is 15.3. The maximum atomic E-state index is 13.0. The molecule has 1 aliphatic rings. The third-order valence-electron chi connectivity index (χ3n) is 5.52. The van der Waals surface area contributed by atoms with Gasteiger partial charge in [0.1, 0.15) is 5.69 Å². The Kier molecular flexibility index (Phi) is 5.26. The number of nitrogens with zero attached hydrogens (tertiary/aromatic N) is 4. The lowest BCUT2D eigenvalue weighted by atomic mass is 10.1. The minimum Gasteiger partial charge on any atom is -0.349 e. The molecule has 1 fully saturated rings. The van der Waals surface area contributed by atoms with Gasteiger partial charge in [-0.1, -0.05) is 12.1 Å². The Hall–Kier alpha value is -4.56. The molecule has 1 saturated heterocycles. The van der Waals surface area contributed by atoms with E-state index in [4.69, 9.17) is 0 Å². The van der Waals surface area contributed by atoms with Gasteiger partial charge in [0, 0.05) is 10.9 Å². The molecule has 1 aliphatic heterocycles. The molecule has 5 N–H and O–H groups in total. The summed E-state index contributed by atoms with van der Waals surface area (Å²) in [6, 6.07) is 13.8. The maximum absolute atomic E-state index is 13.0. The van der Waals surface area contributed by atoms with Crippen LogP contribution in [0.2, 0.25) is 0 Å². The zero-order chi connectivity index (χ0) is 22.8. The van der Waals surface area contributed by atoms with Crippen molar-refractivity contribution in [2.75, 3.05) is 17.2 Å². The van der Waals surface area contributed by atoms with Crippen molar-refractivity contribution in [1.82, 2.24) is 30.9 Å². The summed E-state index contributed by atoms with van der Waals surface area (Å²) < 4.78 is 0. The summed E-state index contributed by atoms with van der Waals surface area (Å²) in [4.78, 5) is 28.7. The van der Waals surface area contributed by atoms with Gasteiger partial charge >= 0.3 is 0 Å². The highest BCUT2D eigenvalue weighted by Gasteiger charge is 2.23. The number of carbonyl (C=O) groups excluding carboxylic acids is 2. The number of benzene rings is 2. The minimum atomic E-state index is -0.393. The first-order valence-corrected chi connectivity index (χ1v) is 10.4. The van der Waals surface area contributed by atoms with Crippen molar-refractivity contribution in [1.29, 1.82) is 5.26 Å². The standard InChI is InChI=1S/C22H19N9O2/c23-11-12-6-7-15(14(9-12)20-28-30-31-29-20)26-22(33)18-10-13-3-1-4-16(19(13)25-18)27-21(32)17-5-2-8-24-17/h1,3-4,6-7,9-10,17,24-25H,2,5,8H2,(H,26,33)(H,27,32)(H,28,29,30,31). The summed E-state index contributed by atoms with van der Waals surface area (Å²) in [5, 5.41) is 32.8. The number of nitrogens with one attached hydrogen (secondary N) is 5. The number of para-hydroxylation sites is 1. The van der Waals surface area contributed by atoms with E-state index in [2.05, 4.69) is 47.6 Å². The fraction of sp³-hybridized carbons (Fsp3) is 0.182. The number of hydrogen-bond acceptors (Lipinski definition) is 7. The van der Waals surface area contributed by atoms with E-state index in [0.29, 0.717) is 33.7 Å². The smallest absolute Gasteiger partial charge is 0.272 e. The van der Waals surface area contributed by atoms with Crippen molar-refractivity contribution in [2.24, 2.45) is 0 Å². The molecule has 0 spiro atoms. The lowest BCUT2D eigenvalue weighted by molar-refractivity contribution is -0.117. The van der Waals surface area contributed by atoms with Crippen LogP contribution in [-0.2, 0) is 4.79 Å². The first kappa shape index (κ1) is 20.3. The molecule has 3 heterocycles. The number of carbonyl (C=O) groups is 2. The van der Waals surface area contributed by atoms with Crippen LogP contribution in [0.3, 0.4) is 0 Å². The van der Waals surface area contributed by atoms with Gasteiger partial charge in [-0.2, -0.15) is 10.5 Å². The highest BCUT2D eigenvalue weighted by atomic mass is 16.2. The maximum Gasteiger partial charge on any atom is 0.272 e. The highest BCUT2D eigenvalue weighted by molar-refractivity contribution is 6.10. The van der Waals surface area contributed by atoms with Crippen LogP contribution < -0.4 is 16.0 Å². The van der Waals surface area contributed by atoms with E-state index in [1.807, 2.05) is 12.1 Å². The number of H-pyrrole nitrogens is 2. The summed E-state index contributed by atoms with van der Waals surface area (Å²) in [7, 11) is 0. The molecule has 0 bridgehead atoms. The number of rotatable bonds is 5. The van der Waals surface area contributed by atoms with Gasteiger partial charge < -0.3 is 20.9 Å². The van der Waals surface area contributed by atoms with Crippen LogP contribution >= 0.6 is 0 Å². The van der Waals surface area contributed by atoms with Crippen LogP contribution in [0.15, 0.2) is 42.5 Å². The van der Waals surface area contributed by atoms with Gasteiger partial charge in [0.25, 0.3) is 5.91 Å². The molecule has 5 rings (SSSR count). The van der Waals surface area contributed by atoms with Gasteiger partial charge in [0.2, 0.25) is 11.7 Å². The SMILES string of the molecule is N#Cc1ccc(NC(=O)c2cc3cccc(NC(=O)C4CCCN4)c3[nH]2)c(-c2nn[nH]n2)c1. The average Bonchev–Trinajstić information content (AvgIpc) is 3.61. The first-order valence-electron chi connectivity index (χ1n) is 10.4. The molecule has 0 radical (unpaired) electrons. The minimum absolute atomic E-state index is 0.0945. The second-order valence-corrected chi connectivity index (χ2v) is 7.65. The van der Waals surface area contributed by atoms with Crippen molar-refractivity contribution in [3.63, 3.8) is 0 Å². The molecular weight excluding hydrogens is 422 g/mol. The predicted octanol–water partition coefficient (Wildman–Crippen LogP) is 2.16. The molecule has 11 nitrogen and oxygen atoms in total. The molecule has 2 amide bonds. The number of nitriles is 1. The van der Waals surface area contributed by atoms with Crippen molar-refractivity contribution in [2.45, 2.75) is 18.9 Å². The van der Waals surface area contributed by atoms with Gasteiger partial charge in [0.15, 0.2) is 0 Å². The van der Waals surface area contributed by atoms with Crippen molar-refractivity contribution in [3.05, 3.63) is 53.7 Å². The number of fused-ring (bicyclic) bond motifs is 1. The highest BCUT2D eigenvalue weighted by Crippen LogP contribution is 2.28. The van der Waals surface area contributed by atoms with Crippen LogP contribution in [0.5, 0.6) is 0 Å². The molecule has 164 valence electrons. The summed E-state index contributed by atoms with van der Waals surface area (Å²) in [6.07, 6.45) is 1.77. The van der Waals surface area contributed by atoms with Crippen LogP contribution in [0.1, 0.15) is 28.9 Å². The Bertz CT molecular complexity index is 1380. The van der Waals surface area contributed by atoms with E-state index >= 15 is 0 Å². The Morgan fingerprint density at radius 2 is 2.03 bits per heavy atom. The average molecular weight is 441 g/mol. The van der Waals surface area contributed by atoms with Gasteiger partial charge in [-0.05, 0) is 54.9 Å². The second kappa shape index (κ2) is 8.52. The van der Waals surface area contributed by atoms with Crippen LogP contribution in [0, 0.1) is 11.3 Å². The molecule has 2 aromatic heterocycles. The van der Waals surface area contributed by atoms with E-state index in [9.17, 15) is 14.9 Å². The number of amides is 2. The number of aromatic amines is 2. The van der Waals surface area contributed by atoms with E-state index in [1.54, 1.807) is 30.3 Å². The molecule has 2 aromatic carbocycles. The molecule has 0 aliphatic carbocycles. The predicted molar refractivity (Wildman–Crippen MR) is 120 cm³/mol. The topological polar surface area (TPSA) is 164 Å². The zero-order valence-electron chi connectivity index (χ0n) is 17.3. The Balaban J connectivity index is 1.42.